The van der Waals surface area contributed by atoms with Gasteiger partial charge in [-0.3, -0.25) is 0 Å². The molecule has 0 aromatic heterocycles. The number of rotatable bonds is 3. The zero-order chi connectivity index (χ0) is 9.80. The predicted molar refractivity (Wildman–Crippen MR) is 56.9 cm³/mol. The smallest absolute Gasteiger partial charge is 0.0956 e. The minimum atomic E-state index is 0.209. The molecule has 0 aromatic carbocycles. The van der Waals surface area contributed by atoms with Crippen molar-refractivity contribution in [3.05, 3.63) is 0 Å². The lowest BCUT2D eigenvalue weighted by molar-refractivity contribution is -0.0622. The van der Waals surface area contributed by atoms with Crippen molar-refractivity contribution in [1.82, 2.24) is 0 Å². The van der Waals surface area contributed by atoms with Crippen LogP contribution in [0.4, 0.5) is 0 Å². The minimum absolute atomic E-state index is 0.209. The van der Waals surface area contributed by atoms with Gasteiger partial charge in [-0.1, -0.05) is 15.9 Å². The van der Waals surface area contributed by atoms with Gasteiger partial charge in [0.05, 0.1) is 36.9 Å². The maximum absolute atomic E-state index is 5.76. The van der Waals surface area contributed by atoms with Crippen LogP contribution in [-0.4, -0.2) is 43.5 Å². The molecule has 82 valence electrons. The van der Waals surface area contributed by atoms with E-state index in [4.69, 9.17) is 14.2 Å². The number of hydrogen-bond acceptors (Lipinski definition) is 3. The molecule has 3 nitrogen and oxygen atoms in total. The van der Waals surface area contributed by atoms with E-state index >= 15 is 0 Å². The molecule has 2 saturated heterocycles. The van der Waals surface area contributed by atoms with Crippen molar-refractivity contribution in [3.8, 4) is 0 Å². The minimum Gasteiger partial charge on any atom is -0.377 e. The first kappa shape index (κ1) is 10.9. The summed E-state index contributed by atoms with van der Waals surface area (Å²) in [4.78, 5) is 0.353. The highest BCUT2D eigenvalue weighted by Crippen LogP contribution is 2.19. The lowest BCUT2D eigenvalue weighted by Gasteiger charge is -2.24. The zero-order valence-electron chi connectivity index (χ0n) is 8.28. The molecule has 2 fully saturated rings. The molecule has 0 radical (unpaired) electrons. The van der Waals surface area contributed by atoms with E-state index in [1.165, 1.54) is 12.8 Å². The van der Waals surface area contributed by atoms with Gasteiger partial charge in [0.25, 0.3) is 0 Å². The summed E-state index contributed by atoms with van der Waals surface area (Å²) in [5, 5.41) is 0. The SMILES string of the molecule is BrC1COCC1OCC1CCCCO1. The van der Waals surface area contributed by atoms with E-state index in [0.717, 1.165) is 26.2 Å². The Morgan fingerprint density at radius 1 is 1.29 bits per heavy atom. The van der Waals surface area contributed by atoms with Crippen molar-refractivity contribution >= 4 is 15.9 Å². The average Bonchev–Trinajstić information content (AvgIpc) is 2.63. The molecule has 0 aromatic rings. The summed E-state index contributed by atoms with van der Waals surface area (Å²) in [6.07, 6.45) is 4.13. The van der Waals surface area contributed by atoms with E-state index in [0.29, 0.717) is 17.5 Å². The molecule has 3 atom stereocenters. The highest BCUT2D eigenvalue weighted by Gasteiger charge is 2.27. The molecule has 3 unspecified atom stereocenters. The standard InChI is InChI=1S/C10H17BrO3/c11-9-6-12-7-10(9)14-5-8-3-1-2-4-13-8/h8-10H,1-7H2. The van der Waals surface area contributed by atoms with Crippen LogP contribution in [-0.2, 0) is 14.2 Å². The highest BCUT2D eigenvalue weighted by atomic mass is 79.9. The summed E-state index contributed by atoms with van der Waals surface area (Å²) in [5.74, 6) is 0. The Hall–Kier alpha value is 0.360. The topological polar surface area (TPSA) is 27.7 Å². The van der Waals surface area contributed by atoms with Gasteiger partial charge in [0, 0.05) is 6.61 Å². The molecule has 2 aliphatic rings. The maximum Gasteiger partial charge on any atom is 0.0956 e. The molecular weight excluding hydrogens is 248 g/mol. The molecule has 4 heteroatoms. The highest BCUT2D eigenvalue weighted by molar-refractivity contribution is 9.09. The van der Waals surface area contributed by atoms with Gasteiger partial charge < -0.3 is 14.2 Å². The van der Waals surface area contributed by atoms with Crippen LogP contribution in [0.1, 0.15) is 19.3 Å². The third kappa shape index (κ3) is 2.92. The molecule has 2 aliphatic heterocycles. The first-order chi connectivity index (χ1) is 6.86. The van der Waals surface area contributed by atoms with Crippen LogP contribution in [0.3, 0.4) is 0 Å². The predicted octanol–water partition coefficient (Wildman–Crippen LogP) is 1.73. The molecular formula is C10H17BrO3. The van der Waals surface area contributed by atoms with Crippen molar-refractivity contribution in [2.45, 2.75) is 36.3 Å². The zero-order valence-corrected chi connectivity index (χ0v) is 9.87. The Bertz CT molecular complexity index is 171. The van der Waals surface area contributed by atoms with Gasteiger partial charge in [0.1, 0.15) is 0 Å². The average molecular weight is 265 g/mol. The first-order valence-corrected chi connectivity index (χ1v) is 6.23. The van der Waals surface area contributed by atoms with Crippen molar-refractivity contribution in [3.63, 3.8) is 0 Å². The van der Waals surface area contributed by atoms with E-state index in [2.05, 4.69) is 15.9 Å². The Morgan fingerprint density at radius 3 is 2.86 bits per heavy atom. The molecule has 0 spiro atoms. The Labute approximate surface area is 93.2 Å². The maximum atomic E-state index is 5.76. The second-order valence-corrected chi connectivity index (χ2v) is 5.09. The Kier molecular flexibility index (Phi) is 4.23. The summed E-state index contributed by atoms with van der Waals surface area (Å²) in [7, 11) is 0. The molecule has 0 aliphatic carbocycles. The van der Waals surface area contributed by atoms with Crippen LogP contribution in [0.2, 0.25) is 0 Å². The molecule has 0 bridgehead atoms. The van der Waals surface area contributed by atoms with Crippen LogP contribution in [0.25, 0.3) is 0 Å². The third-order valence-corrected chi connectivity index (χ3v) is 3.59. The molecule has 14 heavy (non-hydrogen) atoms. The molecule has 0 N–H and O–H groups in total. The van der Waals surface area contributed by atoms with E-state index in [1.54, 1.807) is 0 Å². The summed E-state index contributed by atoms with van der Waals surface area (Å²) in [5.41, 5.74) is 0. The van der Waals surface area contributed by atoms with E-state index in [-0.39, 0.29) is 6.10 Å². The molecule has 2 heterocycles. The summed E-state index contributed by atoms with van der Waals surface area (Å²) >= 11 is 3.54. The van der Waals surface area contributed by atoms with Crippen LogP contribution in [0.15, 0.2) is 0 Å². The molecule has 0 saturated carbocycles. The number of ether oxygens (including phenoxy) is 3. The molecule has 2 rings (SSSR count). The largest absolute Gasteiger partial charge is 0.377 e. The number of hydrogen-bond donors (Lipinski definition) is 0. The summed E-state index contributed by atoms with van der Waals surface area (Å²) in [6, 6.07) is 0. The fourth-order valence-corrected chi connectivity index (χ4v) is 2.32. The van der Waals surface area contributed by atoms with Gasteiger partial charge in [-0.15, -0.1) is 0 Å². The van der Waals surface area contributed by atoms with E-state index in [9.17, 15) is 0 Å². The van der Waals surface area contributed by atoms with E-state index < -0.39 is 0 Å². The van der Waals surface area contributed by atoms with Gasteiger partial charge in [-0.25, -0.2) is 0 Å². The van der Waals surface area contributed by atoms with Crippen LogP contribution in [0, 0.1) is 0 Å². The van der Waals surface area contributed by atoms with Gasteiger partial charge in [-0.05, 0) is 19.3 Å². The number of alkyl halides is 1. The Morgan fingerprint density at radius 2 is 2.21 bits per heavy atom. The van der Waals surface area contributed by atoms with Crippen LogP contribution < -0.4 is 0 Å². The number of halogens is 1. The van der Waals surface area contributed by atoms with Crippen molar-refractivity contribution in [2.75, 3.05) is 26.4 Å². The lowest BCUT2D eigenvalue weighted by atomic mass is 10.1. The van der Waals surface area contributed by atoms with Gasteiger partial charge in [0.2, 0.25) is 0 Å². The fraction of sp³-hybridized carbons (Fsp3) is 1.00. The summed E-state index contributed by atoms with van der Waals surface area (Å²) < 4.78 is 16.6. The monoisotopic (exact) mass is 264 g/mol. The quantitative estimate of drug-likeness (QED) is 0.727. The van der Waals surface area contributed by atoms with Crippen molar-refractivity contribution in [2.24, 2.45) is 0 Å². The van der Waals surface area contributed by atoms with Crippen LogP contribution >= 0.6 is 15.9 Å². The Balaban J connectivity index is 1.65. The first-order valence-electron chi connectivity index (χ1n) is 5.31. The van der Waals surface area contributed by atoms with Gasteiger partial charge in [0.15, 0.2) is 0 Å². The second-order valence-electron chi connectivity index (χ2n) is 3.91. The third-order valence-electron chi connectivity index (χ3n) is 2.73. The van der Waals surface area contributed by atoms with E-state index in [1.807, 2.05) is 0 Å². The lowest BCUT2D eigenvalue weighted by Crippen LogP contribution is -2.30. The second kappa shape index (κ2) is 5.45. The normalized spacial score (nSPS) is 38.8. The van der Waals surface area contributed by atoms with Crippen LogP contribution in [0.5, 0.6) is 0 Å². The van der Waals surface area contributed by atoms with Crippen molar-refractivity contribution in [1.29, 1.82) is 0 Å². The summed E-state index contributed by atoms with van der Waals surface area (Å²) in [6.45, 7) is 3.09. The fourth-order valence-electron chi connectivity index (χ4n) is 1.83. The van der Waals surface area contributed by atoms with Gasteiger partial charge >= 0.3 is 0 Å². The molecule has 0 amide bonds. The van der Waals surface area contributed by atoms with Crippen molar-refractivity contribution < 1.29 is 14.2 Å². The van der Waals surface area contributed by atoms with Gasteiger partial charge in [-0.2, -0.15) is 0 Å².